The molecule has 1 heterocycles. The fourth-order valence-electron chi connectivity index (χ4n) is 2.19. The van der Waals surface area contributed by atoms with Crippen molar-refractivity contribution < 1.29 is 29.6 Å². The van der Waals surface area contributed by atoms with Crippen LogP contribution in [0, 0.1) is 12.3 Å². The molecule has 7 nitrogen and oxygen atoms in total. The minimum Gasteiger partial charge on any atom is -0.508 e. The third-order valence-corrected chi connectivity index (χ3v) is 3.36. The first-order chi connectivity index (χ1) is 11.9. The number of terminal acetylenes is 1. The number of ether oxygens (including phenoxy) is 1. The molecule has 130 valence electrons. The molecule has 0 bridgehead atoms. The van der Waals surface area contributed by atoms with E-state index in [0.717, 1.165) is 12.1 Å². The highest BCUT2D eigenvalue weighted by Gasteiger charge is 2.17. The van der Waals surface area contributed by atoms with Crippen LogP contribution in [-0.2, 0) is 11.2 Å². The standard InChI is InChI=1S/C18H16O7/c1-3-4-5-11(20)13(24-2)6-7-14-17(22)18(23)16-12(21)8-10(19)9-15(16)25-14/h1,5-6,8-9,19-22H,4,7H2,2H3/b11-5+,13-6+. The van der Waals surface area contributed by atoms with Crippen molar-refractivity contribution in [2.24, 2.45) is 0 Å². The normalized spacial score (nSPS) is 12.2. The van der Waals surface area contributed by atoms with Crippen molar-refractivity contribution in [1.29, 1.82) is 0 Å². The molecule has 2 aromatic rings. The number of hydrogen-bond acceptors (Lipinski definition) is 7. The van der Waals surface area contributed by atoms with E-state index in [2.05, 4.69) is 5.92 Å². The van der Waals surface area contributed by atoms with Crippen LogP contribution in [0.4, 0.5) is 0 Å². The molecular formula is C18H16O7. The van der Waals surface area contributed by atoms with Gasteiger partial charge in [-0.05, 0) is 12.2 Å². The van der Waals surface area contributed by atoms with Gasteiger partial charge in [0.1, 0.15) is 22.5 Å². The molecule has 1 aromatic heterocycles. The maximum atomic E-state index is 12.2. The van der Waals surface area contributed by atoms with Crippen LogP contribution in [0.15, 0.2) is 45.0 Å². The second kappa shape index (κ2) is 7.36. The van der Waals surface area contributed by atoms with Crippen LogP contribution in [0.1, 0.15) is 12.2 Å². The summed E-state index contributed by atoms with van der Waals surface area (Å²) in [6.07, 6.45) is 7.96. The van der Waals surface area contributed by atoms with Crippen molar-refractivity contribution in [3.63, 3.8) is 0 Å². The number of aromatic hydroxyl groups is 3. The Bertz CT molecular complexity index is 958. The Labute approximate surface area is 142 Å². The molecule has 2 rings (SSSR count). The summed E-state index contributed by atoms with van der Waals surface area (Å²) >= 11 is 0. The molecule has 7 heteroatoms. The Morgan fingerprint density at radius 1 is 1.32 bits per heavy atom. The van der Waals surface area contributed by atoms with Crippen LogP contribution in [0.25, 0.3) is 11.0 Å². The Morgan fingerprint density at radius 2 is 2.04 bits per heavy atom. The quantitative estimate of drug-likeness (QED) is 0.373. The van der Waals surface area contributed by atoms with Crippen LogP contribution in [-0.4, -0.2) is 27.5 Å². The first-order valence-electron chi connectivity index (χ1n) is 7.16. The van der Waals surface area contributed by atoms with Gasteiger partial charge in [0, 0.05) is 25.0 Å². The zero-order chi connectivity index (χ0) is 18.6. The number of fused-ring (bicyclic) bond motifs is 1. The highest BCUT2D eigenvalue weighted by Crippen LogP contribution is 2.30. The van der Waals surface area contributed by atoms with E-state index in [1.54, 1.807) is 0 Å². The number of hydrogen-bond donors (Lipinski definition) is 4. The first-order valence-corrected chi connectivity index (χ1v) is 7.16. The molecule has 0 saturated carbocycles. The number of rotatable bonds is 5. The topological polar surface area (TPSA) is 120 Å². The summed E-state index contributed by atoms with van der Waals surface area (Å²) in [6.45, 7) is 0. The molecule has 0 fully saturated rings. The monoisotopic (exact) mass is 344 g/mol. The summed E-state index contributed by atoms with van der Waals surface area (Å²) in [4.78, 5) is 12.2. The summed E-state index contributed by atoms with van der Waals surface area (Å²) < 4.78 is 10.4. The fraction of sp³-hybridized carbons (Fsp3) is 0.167. The molecule has 0 unspecified atom stereocenters. The van der Waals surface area contributed by atoms with Gasteiger partial charge in [-0.3, -0.25) is 4.79 Å². The molecular weight excluding hydrogens is 328 g/mol. The lowest BCUT2D eigenvalue weighted by Gasteiger charge is -2.08. The molecule has 25 heavy (non-hydrogen) atoms. The molecule has 4 N–H and O–H groups in total. The van der Waals surface area contributed by atoms with Crippen molar-refractivity contribution in [2.45, 2.75) is 12.8 Å². The van der Waals surface area contributed by atoms with Crippen molar-refractivity contribution >= 4 is 11.0 Å². The van der Waals surface area contributed by atoms with Gasteiger partial charge in [0.2, 0.25) is 11.2 Å². The second-order valence-electron chi connectivity index (χ2n) is 5.02. The minimum atomic E-state index is -0.840. The molecule has 0 atom stereocenters. The van der Waals surface area contributed by atoms with Gasteiger partial charge < -0.3 is 29.6 Å². The Balaban J connectivity index is 2.48. The van der Waals surface area contributed by atoms with Gasteiger partial charge in [-0.1, -0.05) is 0 Å². The fourth-order valence-corrected chi connectivity index (χ4v) is 2.19. The molecule has 0 radical (unpaired) electrons. The van der Waals surface area contributed by atoms with Gasteiger partial charge in [-0.25, -0.2) is 0 Å². The summed E-state index contributed by atoms with van der Waals surface area (Å²) in [5.41, 5.74) is -0.928. The third-order valence-electron chi connectivity index (χ3n) is 3.36. The van der Waals surface area contributed by atoms with Gasteiger partial charge in [0.25, 0.3) is 0 Å². The highest BCUT2D eigenvalue weighted by molar-refractivity contribution is 5.85. The van der Waals surface area contributed by atoms with Gasteiger partial charge in [-0.2, -0.15) is 0 Å². The van der Waals surface area contributed by atoms with Crippen molar-refractivity contribution in [3.05, 3.63) is 51.8 Å². The number of phenolic OH excluding ortho intramolecular Hbond substituents is 2. The van der Waals surface area contributed by atoms with E-state index in [1.165, 1.54) is 19.3 Å². The first kappa shape index (κ1) is 17.8. The lowest BCUT2D eigenvalue weighted by atomic mass is 10.1. The van der Waals surface area contributed by atoms with Gasteiger partial charge >= 0.3 is 0 Å². The molecule has 0 amide bonds. The number of aliphatic hydroxyl groups excluding tert-OH is 1. The largest absolute Gasteiger partial charge is 0.508 e. The van der Waals surface area contributed by atoms with Gasteiger partial charge in [0.05, 0.1) is 7.11 Å². The van der Waals surface area contributed by atoms with E-state index in [-0.39, 0.29) is 46.8 Å². The van der Waals surface area contributed by atoms with Crippen LogP contribution in [0.5, 0.6) is 17.2 Å². The molecule has 1 aromatic carbocycles. The average molecular weight is 344 g/mol. The minimum absolute atomic E-state index is 0.0798. The molecule has 0 spiro atoms. The van der Waals surface area contributed by atoms with Crippen LogP contribution >= 0.6 is 0 Å². The molecule has 0 aliphatic carbocycles. The number of allylic oxidation sites excluding steroid dienone is 2. The van der Waals surface area contributed by atoms with E-state index in [4.69, 9.17) is 15.6 Å². The van der Waals surface area contributed by atoms with E-state index in [1.807, 2.05) is 0 Å². The lowest BCUT2D eigenvalue weighted by molar-refractivity contribution is 0.254. The van der Waals surface area contributed by atoms with Crippen molar-refractivity contribution in [1.82, 2.24) is 0 Å². The highest BCUT2D eigenvalue weighted by atomic mass is 16.5. The van der Waals surface area contributed by atoms with Gasteiger partial charge in [-0.15, -0.1) is 12.3 Å². The van der Waals surface area contributed by atoms with E-state index in [0.29, 0.717) is 0 Å². The average Bonchev–Trinajstić information content (AvgIpc) is 2.56. The van der Waals surface area contributed by atoms with Crippen LogP contribution in [0.2, 0.25) is 0 Å². The smallest absolute Gasteiger partial charge is 0.238 e. The SMILES string of the molecule is C#CC/C=C(O)\C(=C/Cc1oc2cc(O)cc(O)c2c(=O)c1O)OC. The predicted molar refractivity (Wildman–Crippen MR) is 90.4 cm³/mol. The van der Waals surface area contributed by atoms with E-state index >= 15 is 0 Å². The second-order valence-corrected chi connectivity index (χ2v) is 5.02. The lowest BCUT2D eigenvalue weighted by Crippen LogP contribution is -2.05. The van der Waals surface area contributed by atoms with Gasteiger partial charge in [0.15, 0.2) is 17.3 Å². The van der Waals surface area contributed by atoms with E-state index in [9.17, 15) is 25.2 Å². The predicted octanol–water partition coefficient (Wildman–Crippen LogP) is 2.45. The number of benzene rings is 1. The number of methoxy groups -OCH3 is 1. The summed E-state index contributed by atoms with van der Waals surface area (Å²) in [5.74, 6) is 0.601. The van der Waals surface area contributed by atoms with Crippen molar-refractivity contribution in [2.75, 3.05) is 7.11 Å². The zero-order valence-electron chi connectivity index (χ0n) is 13.3. The molecule has 0 aliphatic rings. The Hall–Kier alpha value is -3.53. The summed E-state index contributed by atoms with van der Waals surface area (Å²) in [7, 11) is 1.33. The third kappa shape index (κ3) is 3.70. The van der Waals surface area contributed by atoms with Crippen LogP contribution in [0.3, 0.4) is 0 Å². The summed E-state index contributed by atoms with van der Waals surface area (Å²) in [6, 6.07) is 2.11. The van der Waals surface area contributed by atoms with E-state index < -0.39 is 16.9 Å². The maximum absolute atomic E-state index is 12.2. The van der Waals surface area contributed by atoms with Crippen molar-refractivity contribution in [3.8, 4) is 29.6 Å². The molecule has 0 aliphatic heterocycles. The molecule has 0 saturated heterocycles. The maximum Gasteiger partial charge on any atom is 0.238 e. The number of phenols is 2. The zero-order valence-corrected chi connectivity index (χ0v) is 13.3. The Kier molecular flexibility index (Phi) is 5.25. The van der Waals surface area contributed by atoms with Crippen LogP contribution < -0.4 is 5.43 Å². The Morgan fingerprint density at radius 3 is 2.68 bits per heavy atom. The summed E-state index contributed by atoms with van der Waals surface area (Å²) in [5, 5.41) is 38.8. The number of aliphatic hydroxyl groups is 1.